The number of aromatic nitrogens is 1. The average molecular weight is 312 g/mol. The fourth-order valence-corrected chi connectivity index (χ4v) is 4.39. The van der Waals surface area contributed by atoms with Crippen LogP contribution in [0.15, 0.2) is 6.20 Å². The summed E-state index contributed by atoms with van der Waals surface area (Å²) < 4.78 is 23.5. The summed E-state index contributed by atoms with van der Waals surface area (Å²) in [6.07, 6.45) is 1.76. The van der Waals surface area contributed by atoms with E-state index in [2.05, 4.69) is 9.88 Å². The second-order valence-corrected chi connectivity index (χ2v) is 8.07. The number of rotatable bonds is 2. The molecule has 8 heteroatoms. The van der Waals surface area contributed by atoms with Crippen molar-refractivity contribution < 1.29 is 8.42 Å². The lowest BCUT2D eigenvalue weighted by molar-refractivity contribution is 0.199. The van der Waals surface area contributed by atoms with Gasteiger partial charge >= 0.3 is 0 Å². The summed E-state index contributed by atoms with van der Waals surface area (Å²) in [5.74, 6) is 0.243. The van der Waals surface area contributed by atoms with Crippen molar-refractivity contribution in [3.05, 3.63) is 11.1 Å². The Morgan fingerprint density at radius 1 is 1.56 bits per heavy atom. The standard InChI is InChI=1S/C10H17N3O2S2.ClH/c1-7-8(2)17(14,15)4-3-13(7)6-9-5-12-10(11)16-9;/h5,7-8H,3-4,6H2,1-2H3,(H2,11,12);1H. The number of hydrogen-bond acceptors (Lipinski definition) is 6. The minimum atomic E-state index is -2.91. The van der Waals surface area contributed by atoms with Crippen LogP contribution in [0, 0.1) is 0 Å². The third-order valence-corrected chi connectivity index (χ3v) is 6.50. The fraction of sp³-hybridized carbons (Fsp3) is 0.700. The summed E-state index contributed by atoms with van der Waals surface area (Å²) in [6, 6.07) is 0.0390. The molecule has 0 amide bonds. The number of nitrogen functional groups attached to an aromatic ring is 1. The Hall–Kier alpha value is -0.370. The van der Waals surface area contributed by atoms with Crippen LogP contribution < -0.4 is 5.73 Å². The molecule has 2 atom stereocenters. The molecule has 0 saturated carbocycles. The van der Waals surface area contributed by atoms with Crippen molar-refractivity contribution in [1.29, 1.82) is 0 Å². The first-order valence-electron chi connectivity index (χ1n) is 5.56. The maximum Gasteiger partial charge on any atom is 0.180 e. The second kappa shape index (κ2) is 5.73. The van der Waals surface area contributed by atoms with Crippen molar-refractivity contribution in [3.8, 4) is 0 Å². The van der Waals surface area contributed by atoms with E-state index in [9.17, 15) is 8.42 Å². The molecule has 0 radical (unpaired) electrons. The monoisotopic (exact) mass is 311 g/mol. The predicted octanol–water partition coefficient (Wildman–Crippen LogP) is 1.15. The molecule has 1 aromatic rings. The predicted molar refractivity (Wildman–Crippen MR) is 76.9 cm³/mol. The summed E-state index contributed by atoms with van der Waals surface area (Å²) in [6.45, 7) is 5.07. The third-order valence-electron chi connectivity index (χ3n) is 3.42. The Morgan fingerprint density at radius 2 is 2.22 bits per heavy atom. The van der Waals surface area contributed by atoms with Gasteiger partial charge in [-0.05, 0) is 13.8 Å². The molecular weight excluding hydrogens is 294 g/mol. The lowest BCUT2D eigenvalue weighted by Crippen LogP contribution is -2.51. The van der Waals surface area contributed by atoms with Gasteiger partial charge in [0.25, 0.3) is 0 Å². The zero-order chi connectivity index (χ0) is 12.6. The first kappa shape index (κ1) is 15.7. The van der Waals surface area contributed by atoms with E-state index in [1.54, 1.807) is 13.1 Å². The number of nitrogens with two attached hydrogens (primary N) is 1. The Kier molecular flexibility index (Phi) is 4.99. The van der Waals surface area contributed by atoms with E-state index in [1.807, 2.05) is 6.92 Å². The molecule has 1 aliphatic heterocycles. The molecule has 1 fully saturated rings. The number of sulfone groups is 1. The second-order valence-electron chi connectivity index (χ2n) is 4.45. The maximum atomic E-state index is 11.7. The molecule has 2 rings (SSSR count). The fourth-order valence-electron chi connectivity index (χ4n) is 2.05. The van der Waals surface area contributed by atoms with Crippen LogP contribution in [-0.4, -0.2) is 41.9 Å². The summed E-state index contributed by atoms with van der Waals surface area (Å²) in [5, 5.41) is 0.256. The molecule has 1 saturated heterocycles. The van der Waals surface area contributed by atoms with Crippen molar-refractivity contribution in [2.45, 2.75) is 31.7 Å². The zero-order valence-electron chi connectivity index (χ0n) is 10.4. The highest BCUT2D eigenvalue weighted by molar-refractivity contribution is 7.92. The Balaban J connectivity index is 0.00000162. The first-order valence-corrected chi connectivity index (χ1v) is 8.09. The van der Waals surface area contributed by atoms with Gasteiger partial charge in [-0.25, -0.2) is 13.4 Å². The molecular formula is C10H18ClN3O2S2. The zero-order valence-corrected chi connectivity index (χ0v) is 12.8. The van der Waals surface area contributed by atoms with Crippen LogP contribution >= 0.6 is 23.7 Å². The van der Waals surface area contributed by atoms with Gasteiger partial charge in [-0.15, -0.1) is 23.7 Å². The molecule has 0 bridgehead atoms. The molecule has 18 heavy (non-hydrogen) atoms. The summed E-state index contributed by atoms with van der Waals surface area (Å²) in [7, 11) is -2.91. The SMILES string of the molecule is CC1C(C)S(=O)(=O)CCN1Cc1cnc(N)s1.Cl. The number of hydrogen-bond donors (Lipinski definition) is 1. The van der Waals surface area contributed by atoms with Crippen LogP contribution in [0.4, 0.5) is 5.13 Å². The van der Waals surface area contributed by atoms with Crippen LogP contribution in [0.2, 0.25) is 0 Å². The molecule has 0 spiro atoms. The van der Waals surface area contributed by atoms with Crippen LogP contribution in [0.5, 0.6) is 0 Å². The summed E-state index contributed by atoms with van der Waals surface area (Å²) in [4.78, 5) is 7.27. The Bertz CT molecular complexity index is 503. The smallest absolute Gasteiger partial charge is 0.180 e. The molecule has 0 aromatic carbocycles. The van der Waals surface area contributed by atoms with Gasteiger partial charge < -0.3 is 5.73 Å². The maximum absolute atomic E-state index is 11.7. The van der Waals surface area contributed by atoms with Gasteiger partial charge in [-0.2, -0.15) is 0 Å². The van der Waals surface area contributed by atoms with Gasteiger partial charge in [0.05, 0.1) is 11.0 Å². The minimum absolute atomic E-state index is 0. The highest BCUT2D eigenvalue weighted by atomic mass is 35.5. The van der Waals surface area contributed by atoms with Gasteiger partial charge in [-0.3, -0.25) is 4.90 Å². The van der Waals surface area contributed by atoms with E-state index in [0.717, 1.165) is 11.4 Å². The Labute approximate surface area is 118 Å². The normalized spacial score (nSPS) is 27.7. The van der Waals surface area contributed by atoms with Crippen molar-refractivity contribution in [3.63, 3.8) is 0 Å². The molecule has 2 heterocycles. The van der Waals surface area contributed by atoms with Crippen molar-refractivity contribution in [2.24, 2.45) is 0 Å². The largest absolute Gasteiger partial charge is 0.375 e. The molecule has 5 nitrogen and oxygen atoms in total. The first-order chi connectivity index (χ1) is 7.90. The number of anilines is 1. The average Bonchev–Trinajstić information content (AvgIpc) is 2.66. The lowest BCUT2D eigenvalue weighted by Gasteiger charge is -2.37. The van der Waals surface area contributed by atoms with Gasteiger partial charge in [0, 0.05) is 30.2 Å². The number of nitrogens with zero attached hydrogens (tertiary/aromatic N) is 2. The summed E-state index contributed by atoms with van der Waals surface area (Å²) >= 11 is 1.46. The number of thiazole rings is 1. The topological polar surface area (TPSA) is 76.3 Å². The van der Waals surface area contributed by atoms with Gasteiger partial charge in [0.1, 0.15) is 0 Å². The van der Waals surface area contributed by atoms with E-state index in [-0.39, 0.29) is 29.5 Å². The quantitative estimate of drug-likeness (QED) is 0.887. The molecule has 2 N–H and O–H groups in total. The molecule has 2 unspecified atom stereocenters. The van der Waals surface area contributed by atoms with E-state index in [0.29, 0.717) is 11.7 Å². The van der Waals surface area contributed by atoms with E-state index < -0.39 is 9.84 Å². The van der Waals surface area contributed by atoms with Crippen LogP contribution in [0.1, 0.15) is 18.7 Å². The van der Waals surface area contributed by atoms with E-state index in [1.165, 1.54) is 11.3 Å². The Morgan fingerprint density at radius 3 is 2.78 bits per heavy atom. The van der Waals surface area contributed by atoms with Crippen molar-refractivity contribution in [1.82, 2.24) is 9.88 Å². The third kappa shape index (κ3) is 3.14. The molecule has 1 aromatic heterocycles. The van der Waals surface area contributed by atoms with Crippen molar-refractivity contribution >= 4 is 38.7 Å². The molecule has 104 valence electrons. The highest BCUT2D eigenvalue weighted by Crippen LogP contribution is 2.23. The highest BCUT2D eigenvalue weighted by Gasteiger charge is 2.35. The molecule has 0 aliphatic carbocycles. The van der Waals surface area contributed by atoms with Crippen LogP contribution in [0.3, 0.4) is 0 Å². The minimum Gasteiger partial charge on any atom is -0.375 e. The number of halogens is 1. The van der Waals surface area contributed by atoms with Gasteiger partial charge in [0.2, 0.25) is 0 Å². The van der Waals surface area contributed by atoms with Gasteiger partial charge in [-0.1, -0.05) is 0 Å². The lowest BCUT2D eigenvalue weighted by atomic mass is 10.2. The molecule has 1 aliphatic rings. The van der Waals surface area contributed by atoms with Crippen LogP contribution in [0.25, 0.3) is 0 Å². The van der Waals surface area contributed by atoms with Gasteiger partial charge in [0.15, 0.2) is 15.0 Å². The van der Waals surface area contributed by atoms with E-state index in [4.69, 9.17) is 5.73 Å². The van der Waals surface area contributed by atoms with Crippen molar-refractivity contribution in [2.75, 3.05) is 18.0 Å². The van der Waals surface area contributed by atoms with Crippen LogP contribution in [-0.2, 0) is 16.4 Å². The van der Waals surface area contributed by atoms with E-state index >= 15 is 0 Å². The summed E-state index contributed by atoms with van der Waals surface area (Å²) in [5.41, 5.74) is 5.58.